The summed E-state index contributed by atoms with van der Waals surface area (Å²) in [4.78, 5) is 14.1. The maximum Gasteiger partial charge on any atom is 0.216 e. The molecule has 2 saturated carbocycles. The van der Waals surface area contributed by atoms with Gasteiger partial charge in [0.05, 0.1) is 13.7 Å². The minimum absolute atomic E-state index is 0. The number of hydrogen-bond donors (Lipinski definition) is 0. The summed E-state index contributed by atoms with van der Waals surface area (Å²) in [6.45, 7) is 11.5. The van der Waals surface area contributed by atoms with E-state index in [2.05, 4.69) is 93.2 Å². The zero-order valence-electron chi connectivity index (χ0n) is 31.8. The SMILES string of the molecule is CC(C)c1ccc2c(n1)oc1c(-c3cc(C4CCCCC4)ccn3)[c-]cc(C#N)c12.C[Si](C)(C)c1cnc(-c2[c-]cccc2)cc1CC1CCCC1.[Ir]. The van der Waals surface area contributed by atoms with Crippen molar-refractivity contribution in [3.05, 3.63) is 108 Å². The molecule has 4 heterocycles. The van der Waals surface area contributed by atoms with Gasteiger partial charge in [-0.3, -0.25) is 0 Å². The third-order valence-corrected chi connectivity index (χ3v) is 13.1. The largest absolute Gasteiger partial charge is 0.486 e. The Bertz CT molecular complexity index is 2200. The molecule has 0 bridgehead atoms. The summed E-state index contributed by atoms with van der Waals surface area (Å²) in [6.07, 6.45) is 17.3. The fourth-order valence-corrected chi connectivity index (χ4v) is 9.75. The maximum atomic E-state index is 9.68. The molecule has 7 heteroatoms. The van der Waals surface area contributed by atoms with E-state index in [0.717, 1.165) is 44.9 Å². The Morgan fingerprint density at radius 3 is 2.38 bits per heavy atom. The molecule has 275 valence electrons. The van der Waals surface area contributed by atoms with Crippen molar-refractivity contribution in [2.24, 2.45) is 5.92 Å². The van der Waals surface area contributed by atoms with Gasteiger partial charge in [-0.25, -0.2) is 10.2 Å². The standard InChI is InChI=1S/C26H24N3O.C20H26NSi.Ir/c1-16(2)22-11-10-21-24-19(15-27)8-9-20(25(24)30-26(21)29-22)23-14-18(12-13-28-23)17-6-4-3-5-7-17;1-22(2,3)20-15-21-19(17-11-5-4-6-12-17)14-18(20)13-16-9-7-8-10-16;/h8,10-14,16-17H,3-7H2,1-2H3;4-6,11,14-16H,7-10,13H2,1-3H3;/q2*-1;. The Morgan fingerprint density at radius 2 is 1.68 bits per heavy atom. The average molecular weight is 895 g/mol. The van der Waals surface area contributed by atoms with Crippen LogP contribution in [0.25, 0.3) is 44.6 Å². The molecular weight excluding hydrogens is 845 g/mol. The summed E-state index contributed by atoms with van der Waals surface area (Å²) in [5.74, 6) is 1.78. The Labute approximate surface area is 330 Å². The van der Waals surface area contributed by atoms with Gasteiger partial charge in [0.1, 0.15) is 0 Å². The van der Waals surface area contributed by atoms with Crippen LogP contribution in [-0.4, -0.2) is 23.0 Å². The molecule has 0 unspecified atom stereocenters. The second kappa shape index (κ2) is 17.0. The molecule has 6 aromatic rings. The Morgan fingerprint density at radius 1 is 0.906 bits per heavy atom. The van der Waals surface area contributed by atoms with Crippen molar-refractivity contribution < 1.29 is 24.5 Å². The van der Waals surface area contributed by atoms with Crippen LogP contribution in [0.1, 0.15) is 106 Å². The second-order valence-corrected chi connectivity index (χ2v) is 21.2. The summed E-state index contributed by atoms with van der Waals surface area (Å²) in [5.41, 5.74) is 9.45. The van der Waals surface area contributed by atoms with Gasteiger partial charge in [0.2, 0.25) is 5.71 Å². The van der Waals surface area contributed by atoms with E-state index in [1.807, 2.05) is 30.5 Å². The first-order valence-corrected chi connectivity index (χ1v) is 22.8. The molecule has 0 atom stereocenters. The summed E-state index contributed by atoms with van der Waals surface area (Å²) >= 11 is 0. The number of nitriles is 1. The smallest absolute Gasteiger partial charge is 0.216 e. The minimum atomic E-state index is -1.35. The summed E-state index contributed by atoms with van der Waals surface area (Å²) in [6, 6.07) is 29.5. The topological polar surface area (TPSA) is 75.6 Å². The van der Waals surface area contributed by atoms with Crippen molar-refractivity contribution in [1.29, 1.82) is 5.26 Å². The van der Waals surface area contributed by atoms with Crippen molar-refractivity contribution >= 4 is 35.3 Å². The summed E-state index contributed by atoms with van der Waals surface area (Å²) in [5, 5.41) is 12.9. The number of fused-ring (bicyclic) bond motifs is 3. The number of furan rings is 1. The van der Waals surface area contributed by atoms with Gasteiger partial charge >= 0.3 is 0 Å². The number of hydrogen-bond acceptors (Lipinski definition) is 5. The Balaban J connectivity index is 0.000000187. The van der Waals surface area contributed by atoms with E-state index in [4.69, 9.17) is 14.4 Å². The fraction of sp³-hybridized carbons (Fsp3) is 0.391. The number of nitrogens with zero attached hydrogens (tertiary/aromatic N) is 4. The zero-order chi connectivity index (χ0) is 36.2. The van der Waals surface area contributed by atoms with Crippen LogP contribution in [0.3, 0.4) is 0 Å². The number of aromatic nitrogens is 3. The molecule has 2 aromatic carbocycles. The van der Waals surface area contributed by atoms with Gasteiger partial charge in [-0.2, -0.15) is 0 Å². The number of benzene rings is 2. The summed E-state index contributed by atoms with van der Waals surface area (Å²) < 4.78 is 6.22. The molecule has 0 saturated heterocycles. The van der Waals surface area contributed by atoms with E-state index in [9.17, 15) is 5.26 Å². The predicted octanol–water partition coefficient (Wildman–Crippen LogP) is 11.7. The van der Waals surface area contributed by atoms with Crippen LogP contribution in [0.4, 0.5) is 0 Å². The molecule has 0 amide bonds. The van der Waals surface area contributed by atoms with Crippen molar-refractivity contribution in [3.8, 4) is 28.6 Å². The fourth-order valence-electron chi connectivity index (χ4n) is 8.16. The number of rotatable bonds is 7. The molecule has 0 N–H and O–H groups in total. The molecule has 4 aromatic heterocycles. The predicted molar refractivity (Wildman–Crippen MR) is 215 cm³/mol. The average Bonchev–Trinajstić information content (AvgIpc) is 3.83. The Hall–Kier alpha value is -3.95. The second-order valence-electron chi connectivity index (χ2n) is 16.2. The first-order valence-electron chi connectivity index (χ1n) is 19.3. The molecule has 2 fully saturated rings. The molecular formula is C46H50IrN4OSi-2. The molecule has 5 nitrogen and oxygen atoms in total. The van der Waals surface area contributed by atoms with Crippen LogP contribution in [0, 0.1) is 29.4 Å². The van der Waals surface area contributed by atoms with Crippen molar-refractivity contribution in [2.45, 2.75) is 110 Å². The third-order valence-electron chi connectivity index (χ3n) is 11.0. The molecule has 0 spiro atoms. The van der Waals surface area contributed by atoms with E-state index in [-0.39, 0.29) is 20.1 Å². The van der Waals surface area contributed by atoms with E-state index < -0.39 is 8.07 Å². The van der Waals surface area contributed by atoms with Gasteiger partial charge in [0.25, 0.3) is 0 Å². The van der Waals surface area contributed by atoms with Gasteiger partial charge in [0.15, 0.2) is 0 Å². The Kier molecular flexibility index (Phi) is 12.4. The van der Waals surface area contributed by atoms with Crippen LogP contribution < -0.4 is 5.19 Å². The number of pyridine rings is 3. The quantitative estimate of drug-likeness (QED) is 0.118. The summed E-state index contributed by atoms with van der Waals surface area (Å²) in [7, 11) is -1.35. The van der Waals surface area contributed by atoms with Gasteiger partial charge in [-0.1, -0.05) is 107 Å². The minimum Gasteiger partial charge on any atom is -0.486 e. The van der Waals surface area contributed by atoms with E-state index in [1.165, 1.54) is 69.8 Å². The zero-order valence-corrected chi connectivity index (χ0v) is 35.2. The molecule has 2 aliphatic rings. The van der Waals surface area contributed by atoms with Gasteiger partial charge in [-0.15, -0.1) is 48.0 Å². The van der Waals surface area contributed by atoms with Crippen molar-refractivity contribution in [2.75, 3.05) is 0 Å². The maximum absolute atomic E-state index is 9.68. The van der Waals surface area contributed by atoms with Gasteiger partial charge < -0.3 is 14.4 Å². The van der Waals surface area contributed by atoms with Crippen LogP contribution in [0.15, 0.2) is 77.5 Å². The third kappa shape index (κ3) is 8.73. The monoisotopic (exact) mass is 895 g/mol. The molecule has 8 rings (SSSR count). The van der Waals surface area contributed by atoms with Crippen molar-refractivity contribution in [1.82, 2.24) is 15.0 Å². The van der Waals surface area contributed by atoms with Crippen LogP contribution >= 0.6 is 0 Å². The van der Waals surface area contributed by atoms with Crippen LogP contribution in [0.2, 0.25) is 19.6 Å². The molecule has 53 heavy (non-hydrogen) atoms. The van der Waals surface area contributed by atoms with E-state index in [0.29, 0.717) is 28.7 Å². The van der Waals surface area contributed by atoms with Crippen LogP contribution in [0.5, 0.6) is 0 Å². The normalized spacial score (nSPS) is 15.3. The van der Waals surface area contributed by atoms with Gasteiger partial charge in [-0.05, 0) is 82.7 Å². The van der Waals surface area contributed by atoms with Crippen molar-refractivity contribution in [3.63, 3.8) is 0 Å². The van der Waals surface area contributed by atoms with E-state index in [1.54, 1.807) is 16.8 Å². The molecule has 0 aliphatic heterocycles. The van der Waals surface area contributed by atoms with Crippen LogP contribution in [-0.2, 0) is 26.5 Å². The first kappa shape index (κ1) is 38.8. The van der Waals surface area contributed by atoms with E-state index >= 15 is 0 Å². The first-order chi connectivity index (χ1) is 25.2. The molecule has 1 radical (unpaired) electrons. The molecule has 2 aliphatic carbocycles. The van der Waals surface area contributed by atoms with Gasteiger partial charge in [0, 0.05) is 49.6 Å².